The molecule has 11 heteroatoms. The molecule has 2 atom stereocenters. The SMILES string of the molecule is C=C1NC(=O)N[C@H](c2cc(OC)c(OCC(=O)O)cc2Br)[C@@H]1C(=O)Nc1ccc(F)cc1. The molecular weight excluding hydrogens is 489 g/mol. The molecule has 1 aliphatic rings. The second-order valence-corrected chi connectivity index (χ2v) is 7.64. The van der Waals surface area contributed by atoms with Gasteiger partial charge in [0.2, 0.25) is 5.91 Å². The van der Waals surface area contributed by atoms with Crippen LogP contribution in [0.1, 0.15) is 11.6 Å². The lowest BCUT2D eigenvalue weighted by Gasteiger charge is -2.34. The highest BCUT2D eigenvalue weighted by molar-refractivity contribution is 9.10. The van der Waals surface area contributed by atoms with Crippen LogP contribution in [0.5, 0.6) is 11.5 Å². The summed E-state index contributed by atoms with van der Waals surface area (Å²) >= 11 is 3.39. The number of urea groups is 1. The van der Waals surface area contributed by atoms with Crippen molar-refractivity contribution >= 4 is 39.5 Å². The van der Waals surface area contributed by atoms with E-state index in [0.29, 0.717) is 15.7 Å². The summed E-state index contributed by atoms with van der Waals surface area (Å²) in [4.78, 5) is 36.0. The molecule has 9 nitrogen and oxygen atoms in total. The van der Waals surface area contributed by atoms with Crippen molar-refractivity contribution in [2.45, 2.75) is 6.04 Å². The van der Waals surface area contributed by atoms with E-state index in [4.69, 9.17) is 14.6 Å². The summed E-state index contributed by atoms with van der Waals surface area (Å²) in [6.07, 6.45) is 0. The van der Waals surface area contributed by atoms with E-state index in [1.807, 2.05) is 0 Å². The molecule has 32 heavy (non-hydrogen) atoms. The first kappa shape index (κ1) is 23.1. The summed E-state index contributed by atoms with van der Waals surface area (Å²) in [5.41, 5.74) is 1.00. The maximum atomic E-state index is 13.2. The van der Waals surface area contributed by atoms with Crippen LogP contribution in [0.15, 0.2) is 53.1 Å². The van der Waals surface area contributed by atoms with E-state index in [2.05, 4.69) is 38.5 Å². The highest BCUT2D eigenvalue weighted by atomic mass is 79.9. The number of carbonyl (C=O) groups is 3. The van der Waals surface area contributed by atoms with Crippen LogP contribution < -0.4 is 25.4 Å². The fourth-order valence-corrected chi connectivity index (χ4v) is 3.78. The number of benzene rings is 2. The van der Waals surface area contributed by atoms with Gasteiger partial charge in [-0.25, -0.2) is 14.0 Å². The van der Waals surface area contributed by atoms with Gasteiger partial charge in [0.25, 0.3) is 0 Å². The zero-order valence-corrected chi connectivity index (χ0v) is 18.4. The third kappa shape index (κ3) is 5.17. The van der Waals surface area contributed by atoms with Gasteiger partial charge >= 0.3 is 12.0 Å². The summed E-state index contributed by atoms with van der Waals surface area (Å²) in [5.74, 6) is -2.66. The van der Waals surface area contributed by atoms with Crippen molar-refractivity contribution < 1.29 is 33.4 Å². The van der Waals surface area contributed by atoms with Crippen molar-refractivity contribution in [3.63, 3.8) is 0 Å². The quantitative estimate of drug-likeness (QED) is 0.455. The number of amides is 3. The Balaban J connectivity index is 1.95. The summed E-state index contributed by atoms with van der Waals surface area (Å²) in [5, 5.41) is 16.7. The fraction of sp³-hybridized carbons (Fsp3) is 0.190. The van der Waals surface area contributed by atoms with Crippen molar-refractivity contribution in [3.05, 3.63) is 64.5 Å². The molecule has 0 bridgehead atoms. The fourth-order valence-electron chi connectivity index (χ4n) is 3.21. The van der Waals surface area contributed by atoms with Gasteiger partial charge in [-0.3, -0.25) is 4.79 Å². The summed E-state index contributed by atoms with van der Waals surface area (Å²) < 4.78 is 24.1. The number of hydrogen-bond donors (Lipinski definition) is 4. The van der Waals surface area contributed by atoms with Crippen molar-refractivity contribution in [1.29, 1.82) is 0 Å². The van der Waals surface area contributed by atoms with Gasteiger partial charge in [0.15, 0.2) is 18.1 Å². The number of nitrogens with one attached hydrogen (secondary N) is 3. The molecule has 2 aromatic rings. The van der Waals surface area contributed by atoms with Gasteiger partial charge in [0.05, 0.1) is 13.2 Å². The van der Waals surface area contributed by atoms with Crippen LogP contribution in [0.4, 0.5) is 14.9 Å². The predicted octanol–water partition coefficient (Wildman–Crippen LogP) is 3.18. The average Bonchev–Trinajstić information content (AvgIpc) is 2.73. The molecule has 0 spiro atoms. The van der Waals surface area contributed by atoms with Gasteiger partial charge in [0, 0.05) is 15.9 Å². The van der Waals surface area contributed by atoms with Gasteiger partial charge in [-0.2, -0.15) is 0 Å². The van der Waals surface area contributed by atoms with Crippen molar-refractivity contribution in [2.75, 3.05) is 19.0 Å². The zero-order valence-electron chi connectivity index (χ0n) is 16.8. The molecule has 168 valence electrons. The van der Waals surface area contributed by atoms with E-state index < -0.39 is 42.3 Å². The Morgan fingerprint density at radius 2 is 1.94 bits per heavy atom. The number of ether oxygens (including phenoxy) is 2. The Hall–Kier alpha value is -3.60. The average molecular weight is 508 g/mol. The van der Waals surface area contributed by atoms with Gasteiger partial charge in [-0.05, 0) is 42.0 Å². The Morgan fingerprint density at radius 1 is 1.25 bits per heavy atom. The topological polar surface area (TPSA) is 126 Å². The van der Waals surface area contributed by atoms with Crippen LogP contribution in [0.2, 0.25) is 0 Å². The number of hydrogen-bond acceptors (Lipinski definition) is 5. The van der Waals surface area contributed by atoms with Crippen LogP contribution in [0.3, 0.4) is 0 Å². The molecule has 1 aliphatic heterocycles. The molecule has 4 N–H and O–H groups in total. The van der Waals surface area contributed by atoms with Gasteiger partial charge in [-0.1, -0.05) is 22.5 Å². The van der Waals surface area contributed by atoms with Gasteiger partial charge < -0.3 is 30.5 Å². The number of aliphatic carboxylic acids is 1. The lowest BCUT2D eigenvalue weighted by atomic mass is 9.88. The number of methoxy groups -OCH3 is 1. The van der Waals surface area contributed by atoms with Gasteiger partial charge in [0.1, 0.15) is 11.7 Å². The van der Waals surface area contributed by atoms with E-state index in [-0.39, 0.29) is 17.2 Å². The van der Waals surface area contributed by atoms with Crippen molar-refractivity contribution in [2.24, 2.45) is 5.92 Å². The standard InChI is InChI=1S/C21H19BrFN3O6/c1-10-18(20(29)25-12-5-3-11(23)4-6-12)19(26-21(30)24-10)13-7-15(31-2)16(8-14(13)22)32-9-17(27)28/h3-8,18-19H,1,9H2,2H3,(H,25,29)(H,27,28)(H2,24,26,30)/t18-,19-/m1/s1. The molecule has 0 radical (unpaired) electrons. The molecule has 1 heterocycles. The Kier molecular flexibility index (Phi) is 6.98. The van der Waals surface area contributed by atoms with E-state index in [1.165, 1.54) is 43.5 Å². The smallest absolute Gasteiger partial charge is 0.341 e. The predicted molar refractivity (Wildman–Crippen MR) is 116 cm³/mol. The van der Waals surface area contributed by atoms with Crippen LogP contribution >= 0.6 is 15.9 Å². The van der Waals surface area contributed by atoms with Crippen LogP contribution in [-0.4, -0.2) is 36.7 Å². The van der Waals surface area contributed by atoms with E-state index in [9.17, 15) is 18.8 Å². The third-order valence-electron chi connectivity index (χ3n) is 4.63. The zero-order chi connectivity index (χ0) is 23.4. The summed E-state index contributed by atoms with van der Waals surface area (Å²) in [6, 6.07) is 6.85. The highest BCUT2D eigenvalue weighted by Crippen LogP contribution is 2.40. The van der Waals surface area contributed by atoms with Crippen LogP contribution in [0, 0.1) is 11.7 Å². The first-order chi connectivity index (χ1) is 15.2. The Bertz CT molecular complexity index is 1080. The number of carboxylic acid groups (broad SMARTS) is 1. The van der Waals surface area contributed by atoms with E-state index >= 15 is 0 Å². The Morgan fingerprint density at radius 3 is 2.56 bits per heavy atom. The van der Waals surface area contributed by atoms with Crippen LogP contribution in [0.25, 0.3) is 0 Å². The minimum Gasteiger partial charge on any atom is -0.493 e. The molecule has 3 amide bonds. The number of carbonyl (C=O) groups excluding carboxylic acids is 2. The van der Waals surface area contributed by atoms with E-state index in [1.54, 1.807) is 0 Å². The normalized spacial score (nSPS) is 17.7. The molecule has 3 rings (SSSR count). The molecule has 0 unspecified atom stereocenters. The molecular formula is C21H19BrFN3O6. The van der Waals surface area contributed by atoms with Crippen LogP contribution in [-0.2, 0) is 9.59 Å². The first-order valence-corrected chi connectivity index (χ1v) is 10.0. The van der Waals surface area contributed by atoms with E-state index in [0.717, 1.165) is 0 Å². The second kappa shape index (κ2) is 9.69. The second-order valence-electron chi connectivity index (χ2n) is 6.78. The van der Waals surface area contributed by atoms with Crippen molar-refractivity contribution in [3.8, 4) is 11.5 Å². The first-order valence-electron chi connectivity index (χ1n) is 9.24. The molecule has 1 fully saturated rings. The minimum atomic E-state index is -1.16. The monoisotopic (exact) mass is 507 g/mol. The summed E-state index contributed by atoms with van der Waals surface area (Å²) in [6.45, 7) is 3.23. The molecule has 0 aliphatic carbocycles. The highest BCUT2D eigenvalue weighted by Gasteiger charge is 2.39. The number of halogens is 2. The minimum absolute atomic E-state index is 0.162. The number of carboxylic acids is 1. The number of anilines is 1. The summed E-state index contributed by atoms with van der Waals surface area (Å²) in [7, 11) is 1.37. The molecule has 2 aromatic carbocycles. The molecule has 0 aromatic heterocycles. The molecule has 0 saturated carbocycles. The molecule has 1 saturated heterocycles. The lowest BCUT2D eigenvalue weighted by Crippen LogP contribution is -2.52. The number of rotatable bonds is 7. The lowest BCUT2D eigenvalue weighted by molar-refractivity contribution is -0.139. The third-order valence-corrected chi connectivity index (χ3v) is 5.32. The van der Waals surface area contributed by atoms with Crippen molar-refractivity contribution in [1.82, 2.24) is 10.6 Å². The van der Waals surface area contributed by atoms with Gasteiger partial charge in [-0.15, -0.1) is 0 Å². The maximum absolute atomic E-state index is 13.2. The maximum Gasteiger partial charge on any atom is 0.341 e. The Labute approximate surface area is 190 Å². The largest absolute Gasteiger partial charge is 0.493 e.